The van der Waals surface area contributed by atoms with E-state index in [1.165, 1.54) is 24.0 Å². The van der Waals surface area contributed by atoms with Gasteiger partial charge in [-0.15, -0.1) is 0 Å². The maximum Gasteiger partial charge on any atom is 0.119 e. The highest BCUT2D eigenvalue weighted by Crippen LogP contribution is 2.30. The quantitative estimate of drug-likeness (QED) is 0.838. The molecule has 0 atom stereocenters. The van der Waals surface area contributed by atoms with Crippen molar-refractivity contribution in [1.82, 2.24) is 5.32 Å². The fourth-order valence-electron chi connectivity index (χ4n) is 2.25. The van der Waals surface area contributed by atoms with Gasteiger partial charge in [0.05, 0.1) is 6.10 Å². The van der Waals surface area contributed by atoms with Gasteiger partial charge in [-0.2, -0.15) is 0 Å². The van der Waals surface area contributed by atoms with Crippen molar-refractivity contribution in [2.75, 3.05) is 6.54 Å². The van der Waals surface area contributed by atoms with E-state index in [4.69, 9.17) is 16.3 Å². The Labute approximate surface area is 131 Å². The van der Waals surface area contributed by atoms with Gasteiger partial charge in [0, 0.05) is 11.6 Å². The zero-order valence-corrected chi connectivity index (χ0v) is 13.0. The Kier molecular flexibility index (Phi) is 4.47. The fraction of sp³-hybridized carbons (Fsp3) is 0.333. The Bertz CT molecular complexity index is 605. The summed E-state index contributed by atoms with van der Waals surface area (Å²) in [6.45, 7) is 3.83. The van der Waals surface area contributed by atoms with Gasteiger partial charge in [0.15, 0.2) is 0 Å². The molecule has 3 rings (SSSR count). The summed E-state index contributed by atoms with van der Waals surface area (Å²) in [5.41, 5.74) is 3.51. The van der Waals surface area contributed by atoms with E-state index in [0.717, 1.165) is 29.4 Å². The van der Waals surface area contributed by atoms with Crippen molar-refractivity contribution in [3.63, 3.8) is 0 Å². The van der Waals surface area contributed by atoms with E-state index in [1.54, 1.807) is 0 Å². The van der Waals surface area contributed by atoms with Crippen molar-refractivity contribution in [3.8, 4) is 16.9 Å². The molecule has 1 N–H and O–H groups in total. The largest absolute Gasteiger partial charge is 0.490 e. The molecule has 0 unspecified atom stereocenters. The fourth-order valence-corrected chi connectivity index (χ4v) is 2.44. The topological polar surface area (TPSA) is 21.3 Å². The maximum absolute atomic E-state index is 6.25. The van der Waals surface area contributed by atoms with Gasteiger partial charge in [-0.05, 0) is 60.3 Å². The molecule has 1 fully saturated rings. The highest BCUT2D eigenvalue weighted by atomic mass is 35.5. The number of halogens is 1. The van der Waals surface area contributed by atoms with Crippen LogP contribution in [0, 0.1) is 0 Å². The summed E-state index contributed by atoms with van der Waals surface area (Å²) < 4.78 is 5.78. The second-order valence-corrected chi connectivity index (χ2v) is 5.84. The van der Waals surface area contributed by atoms with Gasteiger partial charge in [0.1, 0.15) is 5.75 Å². The lowest BCUT2D eigenvalue weighted by atomic mass is 10.0. The number of nitrogens with one attached hydrogen (secondary N) is 1. The molecular formula is C18H20ClNO. The summed E-state index contributed by atoms with van der Waals surface area (Å²) in [7, 11) is 0. The van der Waals surface area contributed by atoms with Crippen LogP contribution in [0.3, 0.4) is 0 Å². The first kappa shape index (κ1) is 14.4. The predicted octanol–water partition coefficient (Wildman–Crippen LogP) is 4.66. The molecule has 21 heavy (non-hydrogen) atoms. The van der Waals surface area contributed by atoms with E-state index in [-0.39, 0.29) is 0 Å². The molecule has 0 radical (unpaired) electrons. The Morgan fingerprint density at radius 1 is 1.10 bits per heavy atom. The van der Waals surface area contributed by atoms with Gasteiger partial charge in [-0.3, -0.25) is 0 Å². The molecule has 2 nitrogen and oxygen atoms in total. The van der Waals surface area contributed by atoms with Crippen LogP contribution in [-0.2, 0) is 6.54 Å². The van der Waals surface area contributed by atoms with Crippen molar-refractivity contribution < 1.29 is 4.74 Å². The van der Waals surface area contributed by atoms with Gasteiger partial charge >= 0.3 is 0 Å². The molecular weight excluding hydrogens is 282 g/mol. The molecule has 1 aliphatic carbocycles. The Morgan fingerprint density at radius 3 is 2.48 bits per heavy atom. The van der Waals surface area contributed by atoms with Crippen molar-refractivity contribution in [1.29, 1.82) is 0 Å². The predicted molar refractivity (Wildman–Crippen MR) is 87.9 cm³/mol. The van der Waals surface area contributed by atoms with Crippen LogP contribution in [-0.4, -0.2) is 12.6 Å². The molecule has 0 heterocycles. The first-order valence-electron chi connectivity index (χ1n) is 7.52. The van der Waals surface area contributed by atoms with Gasteiger partial charge in [-0.25, -0.2) is 0 Å². The molecule has 110 valence electrons. The molecule has 0 saturated heterocycles. The van der Waals surface area contributed by atoms with E-state index < -0.39 is 0 Å². The van der Waals surface area contributed by atoms with Crippen LogP contribution in [0.25, 0.3) is 11.1 Å². The average Bonchev–Trinajstić information content (AvgIpc) is 3.31. The van der Waals surface area contributed by atoms with E-state index in [9.17, 15) is 0 Å². The lowest BCUT2D eigenvalue weighted by molar-refractivity contribution is 0.303. The molecule has 0 aromatic heterocycles. The second-order valence-electron chi connectivity index (χ2n) is 5.43. The molecule has 2 aromatic carbocycles. The number of hydrogen-bond acceptors (Lipinski definition) is 2. The zero-order valence-electron chi connectivity index (χ0n) is 12.2. The second kappa shape index (κ2) is 6.50. The van der Waals surface area contributed by atoms with Crippen LogP contribution in [0.2, 0.25) is 5.02 Å². The number of rotatable bonds is 6. The van der Waals surface area contributed by atoms with Gasteiger partial charge in [-0.1, -0.05) is 36.7 Å². The number of benzene rings is 2. The molecule has 2 aromatic rings. The van der Waals surface area contributed by atoms with Crippen LogP contribution in [0.4, 0.5) is 0 Å². The zero-order chi connectivity index (χ0) is 14.7. The summed E-state index contributed by atoms with van der Waals surface area (Å²) in [6, 6.07) is 14.5. The molecule has 0 bridgehead atoms. The third-order valence-corrected chi connectivity index (χ3v) is 3.99. The first-order valence-corrected chi connectivity index (χ1v) is 7.90. The molecule has 0 amide bonds. The van der Waals surface area contributed by atoms with Crippen molar-refractivity contribution in [2.24, 2.45) is 0 Å². The first-order chi connectivity index (χ1) is 10.3. The molecule has 0 aliphatic heterocycles. The third-order valence-electron chi connectivity index (χ3n) is 3.63. The van der Waals surface area contributed by atoms with Crippen LogP contribution in [0.1, 0.15) is 25.3 Å². The van der Waals surface area contributed by atoms with Gasteiger partial charge < -0.3 is 10.1 Å². The molecule has 0 spiro atoms. The van der Waals surface area contributed by atoms with Crippen LogP contribution < -0.4 is 10.1 Å². The Balaban J connectivity index is 1.78. The summed E-state index contributed by atoms with van der Waals surface area (Å²) >= 11 is 6.25. The maximum atomic E-state index is 6.25. The van der Waals surface area contributed by atoms with Crippen molar-refractivity contribution >= 4 is 11.6 Å². The van der Waals surface area contributed by atoms with E-state index in [2.05, 4.69) is 36.5 Å². The molecule has 1 aliphatic rings. The average molecular weight is 302 g/mol. The normalized spacial score (nSPS) is 14.2. The number of hydrogen-bond donors (Lipinski definition) is 1. The lowest BCUT2D eigenvalue weighted by Crippen LogP contribution is -2.12. The Morgan fingerprint density at radius 2 is 1.81 bits per heavy atom. The monoisotopic (exact) mass is 301 g/mol. The summed E-state index contributed by atoms with van der Waals surface area (Å²) in [4.78, 5) is 0. The smallest absolute Gasteiger partial charge is 0.119 e. The number of ether oxygens (including phenoxy) is 1. The van der Waals surface area contributed by atoms with E-state index in [1.807, 2.05) is 18.2 Å². The minimum atomic E-state index is 0.443. The standard InChI is InChI=1S/C18H20ClNO/c1-2-20-12-15-11-14(5-10-18(15)19)13-3-6-16(7-4-13)21-17-8-9-17/h3-7,10-11,17,20H,2,8-9,12H2,1H3. The van der Waals surface area contributed by atoms with Crippen molar-refractivity contribution in [2.45, 2.75) is 32.4 Å². The molecule has 3 heteroatoms. The summed E-state index contributed by atoms with van der Waals surface area (Å²) in [5.74, 6) is 0.961. The van der Waals surface area contributed by atoms with Gasteiger partial charge in [0.2, 0.25) is 0 Å². The SMILES string of the molecule is CCNCc1cc(-c2ccc(OC3CC3)cc2)ccc1Cl. The van der Waals surface area contributed by atoms with Crippen LogP contribution in [0.5, 0.6) is 5.75 Å². The van der Waals surface area contributed by atoms with Crippen LogP contribution in [0.15, 0.2) is 42.5 Å². The highest BCUT2D eigenvalue weighted by Gasteiger charge is 2.23. The van der Waals surface area contributed by atoms with Gasteiger partial charge in [0.25, 0.3) is 0 Å². The Hall–Kier alpha value is -1.51. The summed E-state index contributed by atoms with van der Waals surface area (Å²) in [5, 5.41) is 4.13. The van der Waals surface area contributed by atoms with E-state index in [0.29, 0.717) is 6.10 Å². The van der Waals surface area contributed by atoms with Crippen LogP contribution >= 0.6 is 11.6 Å². The minimum absolute atomic E-state index is 0.443. The lowest BCUT2D eigenvalue weighted by Gasteiger charge is -2.10. The highest BCUT2D eigenvalue weighted by molar-refractivity contribution is 6.31. The van der Waals surface area contributed by atoms with Crippen molar-refractivity contribution in [3.05, 3.63) is 53.1 Å². The third kappa shape index (κ3) is 3.78. The molecule has 1 saturated carbocycles. The van der Waals surface area contributed by atoms with E-state index >= 15 is 0 Å². The summed E-state index contributed by atoms with van der Waals surface area (Å²) in [6.07, 6.45) is 2.82. The minimum Gasteiger partial charge on any atom is -0.490 e.